The lowest BCUT2D eigenvalue weighted by atomic mass is 9.98. The molecule has 3 heterocycles. The second-order valence-corrected chi connectivity index (χ2v) is 12.3. The molecule has 16 nitrogen and oxygen atoms in total. The number of aliphatic hydroxyl groups excluding tert-OH is 7. The highest BCUT2D eigenvalue weighted by Gasteiger charge is 2.51. The molecule has 0 spiro atoms. The van der Waals surface area contributed by atoms with Crippen LogP contribution >= 0.6 is 0 Å². The number of esters is 1. The quantitative estimate of drug-likeness (QED) is 0.0908. The van der Waals surface area contributed by atoms with Crippen molar-refractivity contribution in [3.05, 3.63) is 71.8 Å². The molecular formula is C34H44O16. The molecule has 3 aliphatic rings. The Balaban J connectivity index is 1.24. The molecule has 0 aliphatic carbocycles. The molecule has 3 aliphatic heterocycles. The maximum atomic E-state index is 12.8. The van der Waals surface area contributed by atoms with Crippen molar-refractivity contribution in [3.8, 4) is 5.75 Å². The summed E-state index contributed by atoms with van der Waals surface area (Å²) in [7, 11) is 0. The Bertz CT molecular complexity index is 1380. The Morgan fingerprint density at radius 1 is 0.780 bits per heavy atom. The van der Waals surface area contributed by atoms with E-state index in [0.717, 1.165) is 11.1 Å². The summed E-state index contributed by atoms with van der Waals surface area (Å²) in [4.78, 5) is 12.8. The Hall–Kier alpha value is -3.07. The fourth-order valence-electron chi connectivity index (χ4n) is 5.74. The van der Waals surface area contributed by atoms with Crippen LogP contribution in [0.3, 0.4) is 0 Å². The molecule has 0 radical (unpaired) electrons. The van der Waals surface area contributed by atoms with Crippen molar-refractivity contribution in [2.24, 2.45) is 0 Å². The number of benzene rings is 2. The van der Waals surface area contributed by atoms with Crippen molar-refractivity contribution in [3.63, 3.8) is 0 Å². The first-order valence-corrected chi connectivity index (χ1v) is 16.2. The molecule has 5 rings (SSSR count). The molecule has 0 bridgehead atoms. The number of hydrogen-bond acceptors (Lipinski definition) is 16. The maximum Gasteiger partial charge on any atom is 0.331 e. The summed E-state index contributed by atoms with van der Waals surface area (Å²) in [5, 5.41) is 83.1. The molecule has 2 aromatic rings. The molecule has 50 heavy (non-hydrogen) atoms. The number of phenolic OH excluding ortho intramolecular Hbond substituents is 1. The Kier molecular flexibility index (Phi) is 13.3. The summed E-state index contributed by atoms with van der Waals surface area (Å²) < 4.78 is 39.8. The lowest BCUT2D eigenvalue weighted by molar-refractivity contribution is -0.354. The van der Waals surface area contributed by atoms with Gasteiger partial charge >= 0.3 is 5.97 Å². The number of aromatic hydroxyl groups is 1. The zero-order valence-electron chi connectivity index (χ0n) is 27.1. The van der Waals surface area contributed by atoms with Gasteiger partial charge in [0.1, 0.15) is 60.7 Å². The predicted octanol–water partition coefficient (Wildman–Crippen LogP) is -1.67. The van der Waals surface area contributed by atoms with E-state index in [-0.39, 0.29) is 12.4 Å². The van der Waals surface area contributed by atoms with E-state index < -0.39 is 105 Å². The van der Waals surface area contributed by atoms with Gasteiger partial charge in [-0.05, 0) is 42.7 Å². The smallest absolute Gasteiger partial charge is 0.331 e. The van der Waals surface area contributed by atoms with Gasteiger partial charge in [0.25, 0.3) is 0 Å². The van der Waals surface area contributed by atoms with Crippen LogP contribution in [0.25, 0.3) is 6.08 Å². The Labute approximate surface area is 287 Å². The van der Waals surface area contributed by atoms with Crippen molar-refractivity contribution in [2.45, 2.75) is 99.4 Å². The topological polar surface area (TPSA) is 244 Å². The van der Waals surface area contributed by atoms with Crippen LogP contribution in [0.5, 0.6) is 5.75 Å². The van der Waals surface area contributed by atoms with Crippen molar-refractivity contribution >= 4 is 12.0 Å². The van der Waals surface area contributed by atoms with E-state index in [4.69, 9.17) is 33.2 Å². The molecule has 0 saturated carbocycles. The summed E-state index contributed by atoms with van der Waals surface area (Å²) in [5.41, 5.74) is 1.55. The summed E-state index contributed by atoms with van der Waals surface area (Å²) in [6.07, 6.45) is -17.8. The molecule has 2 aromatic carbocycles. The van der Waals surface area contributed by atoms with Gasteiger partial charge in [-0.15, -0.1) is 0 Å². The van der Waals surface area contributed by atoms with Crippen molar-refractivity contribution in [1.29, 1.82) is 0 Å². The summed E-state index contributed by atoms with van der Waals surface area (Å²) in [5.74, 6) is -0.705. The third-order valence-corrected chi connectivity index (χ3v) is 8.66. The summed E-state index contributed by atoms with van der Waals surface area (Å²) in [6.45, 7) is 0.691. The van der Waals surface area contributed by atoms with Crippen LogP contribution in [0.4, 0.5) is 0 Å². The lowest BCUT2D eigenvalue weighted by Crippen LogP contribution is -2.64. The third-order valence-electron chi connectivity index (χ3n) is 8.66. The molecule has 0 amide bonds. The summed E-state index contributed by atoms with van der Waals surface area (Å²) >= 11 is 0. The van der Waals surface area contributed by atoms with Crippen LogP contribution in [-0.2, 0) is 44.4 Å². The highest BCUT2D eigenvalue weighted by atomic mass is 16.7. The van der Waals surface area contributed by atoms with E-state index in [1.807, 2.05) is 6.07 Å². The largest absolute Gasteiger partial charge is 0.508 e. The molecular weight excluding hydrogens is 664 g/mol. The van der Waals surface area contributed by atoms with Crippen molar-refractivity contribution in [2.75, 3.05) is 19.8 Å². The molecule has 3 fully saturated rings. The number of aliphatic hydroxyl groups is 7. The van der Waals surface area contributed by atoms with Crippen LogP contribution in [-0.4, -0.2) is 153 Å². The minimum Gasteiger partial charge on any atom is -0.508 e. The van der Waals surface area contributed by atoms with Gasteiger partial charge in [-0.2, -0.15) is 0 Å². The zero-order valence-corrected chi connectivity index (χ0v) is 27.1. The molecule has 16 heteroatoms. The number of rotatable bonds is 12. The van der Waals surface area contributed by atoms with E-state index in [2.05, 4.69) is 0 Å². The molecule has 8 N–H and O–H groups in total. The minimum atomic E-state index is -1.73. The van der Waals surface area contributed by atoms with Crippen LogP contribution in [0.1, 0.15) is 18.1 Å². The number of carbonyl (C=O) groups is 1. The number of hydrogen-bond donors (Lipinski definition) is 8. The highest BCUT2D eigenvalue weighted by molar-refractivity contribution is 5.87. The van der Waals surface area contributed by atoms with Crippen LogP contribution < -0.4 is 0 Å². The van der Waals surface area contributed by atoms with Crippen molar-refractivity contribution < 1.29 is 78.8 Å². The second-order valence-electron chi connectivity index (χ2n) is 12.3. The number of carbonyl (C=O) groups excluding carboxylic acids is 1. The molecule has 0 aromatic heterocycles. The fourth-order valence-corrected chi connectivity index (χ4v) is 5.74. The predicted molar refractivity (Wildman–Crippen MR) is 169 cm³/mol. The van der Waals surface area contributed by atoms with E-state index >= 15 is 0 Å². The van der Waals surface area contributed by atoms with E-state index in [1.54, 1.807) is 36.4 Å². The highest BCUT2D eigenvalue weighted by Crippen LogP contribution is 2.31. The molecule has 276 valence electrons. The Morgan fingerprint density at radius 2 is 1.46 bits per heavy atom. The van der Waals surface area contributed by atoms with Gasteiger partial charge in [-0.3, -0.25) is 0 Å². The fraction of sp³-hybridized carbons (Fsp3) is 0.559. The maximum absolute atomic E-state index is 12.8. The van der Waals surface area contributed by atoms with Crippen molar-refractivity contribution in [1.82, 2.24) is 0 Å². The first kappa shape index (κ1) is 38.2. The average molecular weight is 709 g/mol. The van der Waals surface area contributed by atoms with Crippen LogP contribution in [0.2, 0.25) is 0 Å². The molecule has 14 atom stereocenters. The summed E-state index contributed by atoms with van der Waals surface area (Å²) in [6, 6.07) is 15.4. The SMILES string of the molecule is CC1OC(OCC2OC(OCCc3ccc(O)cc3)C(O)C(O)C2O)C(O)C(OC2OCC(O)C(O)C2O)C1OC(=O)C=Cc1ccccc1. The number of ether oxygens (including phenoxy) is 7. The van der Waals surface area contributed by atoms with Gasteiger partial charge in [0.2, 0.25) is 0 Å². The third kappa shape index (κ3) is 9.42. The van der Waals surface area contributed by atoms with Crippen LogP contribution in [0.15, 0.2) is 60.7 Å². The first-order valence-electron chi connectivity index (χ1n) is 16.2. The van der Waals surface area contributed by atoms with E-state index in [9.17, 15) is 45.6 Å². The average Bonchev–Trinajstić information content (AvgIpc) is 3.11. The van der Waals surface area contributed by atoms with Gasteiger partial charge in [0.05, 0.1) is 25.9 Å². The van der Waals surface area contributed by atoms with Gasteiger partial charge in [0.15, 0.2) is 25.0 Å². The molecule has 3 saturated heterocycles. The normalized spacial score (nSPS) is 37.8. The van der Waals surface area contributed by atoms with Gasteiger partial charge in [-0.1, -0.05) is 42.5 Å². The van der Waals surface area contributed by atoms with Gasteiger partial charge in [0, 0.05) is 6.08 Å². The molecule has 14 unspecified atom stereocenters. The standard InChI is InChI=1S/C34H44O16/c1-17-30(49-23(37)12-9-18-5-3-2-4-6-18)31(50-33-27(41)24(38)21(36)15-45-33)29(43)34(47-17)46-16-22-25(39)26(40)28(42)32(48-22)44-14-13-19-7-10-20(35)11-8-19/h2-12,17,21-22,24-36,38-43H,13-16H2,1H3. The zero-order chi connectivity index (χ0) is 35.9. The lowest BCUT2D eigenvalue weighted by Gasteiger charge is -2.46. The van der Waals surface area contributed by atoms with Gasteiger partial charge < -0.3 is 74.0 Å². The monoisotopic (exact) mass is 708 g/mol. The van der Waals surface area contributed by atoms with Crippen LogP contribution in [0, 0.1) is 0 Å². The van der Waals surface area contributed by atoms with E-state index in [0.29, 0.717) is 6.42 Å². The first-order chi connectivity index (χ1) is 23.9. The minimum absolute atomic E-state index is 0.0609. The Morgan fingerprint density at radius 3 is 2.18 bits per heavy atom. The number of phenols is 1. The van der Waals surface area contributed by atoms with E-state index in [1.165, 1.54) is 31.2 Å². The van der Waals surface area contributed by atoms with Gasteiger partial charge in [-0.25, -0.2) is 4.79 Å². The second kappa shape index (κ2) is 17.4.